The van der Waals surface area contributed by atoms with Crippen molar-refractivity contribution >= 4 is 23.1 Å². The van der Waals surface area contributed by atoms with E-state index in [4.69, 9.17) is 18.0 Å². The molecule has 0 saturated heterocycles. The van der Waals surface area contributed by atoms with E-state index in [1.54, 1.807) is 0 Å². The Bertz CT molecular complexity index is 275. The van der Waals surface area contributed by atoms with Crippen LogP contribution < -0.4 is 5.73 Å². The van der Waals surface area contributed by atoms with Crippen molar-refractivity contribution in [3.8, 4) is 0 Å². The number of amides is 1. The Morgan fingerprint density at radius 3 is 2.50 bits per heavy atom. The van der Waals surface area contributed by atoms with E-state index < -0.39 is 0 Å². The Morgan fingerprint density at radius 1 is 1.28 bits per heavy atom. The average molecular weight is 270 g/mol. The number of hydrogen-bond donors (Lipinski definition) is 1. The molecule has 0 atom stereocenters. The van der Waals surface area contributed by atoms with Crippen molar-refractivity contribution in [3.63, 3.8) is 0 Å². The van der Waals surface area contributed by atoms with E-state index in [0.717, 1.165) is 18.9 Å². The van der Waals surface area contributed by atoms with Gasteiger partial charge in [0.25, 0.3) is 0 Å². The van der Waals surface area contributed by atoms with E-state index >= 15 is 0 Å². The molecule has 104 valence electrons. The number of nitrogens with zero attached hydrogens (tertiary/aromatic N) is 1. The lowest BCUT2D eigenvalue weighted by atomic mass is 9.86. The molecule has 0 bridgehead atoms. The topological polar surface area (TPSA) is 46.3 Å². The quantitative estimate of drug-likeness (QED) is 0.724. The number of hydrogen-bond acceptors (Lipinski definition) is 2. The molecule has 4 heteroatoms. The molecule has 1 aliphatic rings. The maximum absolute atomic E-state index is 12.1. The molecule has 1 aliphatic carbocycles. The zero-order chi connectivity index (χ0) is 13.4. The molecular weight excluding hydrogens is 244 g/mol. The van der Waals surface area contributed by atoms with Crippen LogP contribution in [0.3, 0.4) is 0 Å². The first-order chi connectivity index (χ1) is 8.63. The van der Waals surface area contributed by atoms with E-state index in [9.17, 15) is 4.79 Å². The summed E-state index contributed by atoms with van der Waals surface area (Å²) in [5, 5.41) is 0. The Morgan fingerprint density at radius 2 is 1.94 bits per heavy atom. The molecular formula is C14H26N2OS. The normalized spacial score (nSPS) is 16.5. The van der Waals surface area contributed by atoms with Crippen molar-refractivity contribution < 1.29 is 4.79 Å². The molecule has 0 aliphatic heterocycles. The molecule has 1 rings (SSSR count). The van der Waals surface area contributed by atoms with Gasteiger partial charge in [0.2, 0.25) is 5.91 Å². The number of carbonyl (C=O) groups is 1. The predicted molar refractivity (Wildman–Crippen MR) is 79.5 cm³/mol. The summed E-state index contributed by atoms with van der Waals surface area (Å²) in [4.78, 5) is 14.4. The number of nitrogens with two attached hydrogens (primary N) is 1. The summed E-state index contributed by atoms with van der Waals surface area (Å²) >= 11 is 4.86. The van der Waals surface area contributed by atoms with Crippen LogP contribution in [0.25, 0.3) is 0 Å². The van der Waals surface area contributed by atoms with Gasteiger partial charge >= 0.3 is 0 Å². The average Bonchev–Trinajstić information content (AvgIpc) is 2.38. The van der Waals surface area contributed by atoms with Gasteiger partial charge in [-0.3, -0.25) is 4.79 Å². The van der Waals surface area contributed by atoms with Crippen molar-refractivity contribution in [2.45, 2.75) is 58.3 Å². The van der Waals surface area contributed by atoms with Gasteiger partial charge in [-0.05, 0) is 19.3 Å². The summed E-state index contributed by atoms with van der Waals surface area (Å²) in [7, 11) is 0. The van der Waals surface area contributed by atoms with Gasteiger partial charge in [0, 0.05) is 25.9 Å². The van der Waals surface area contributed by atoms with E-state index in [1.807, 2.05) is 11.8 Å². The van der Waals surface area contributed by atoms with Crippen LogP contribution in [0.5, 0.6) is 0 Å². The lowest BCUT2D eigenvalue weighted by Crippen LogP contribution is -2.33. The Labute approximate surface area is 116 Å². The molecule has 2 N–H and O–H groups in total. The van der Waals surface area contributed by atoms with Gasteiger partial charge in [0.05, 0.1) is 4.99 Å². The van der Waals surface area contributed by atoms with Gasteiger partial charge in [-0.1, -0.05) is 44.3 Å². The second kappa shape index (κ2) is 8.46. The minimum Gasteiger partial charge on any atom is -0.393 e. The summed E-state index contributed by atoms with van der Waals surface area (Å²) in [6, 6.07) is 0. The van der Waals surface area contributed by atoms with Crippen LogP contribution in [-0.2, 0) is 4.79 Å². The highest BCUT2D eigenvalue weighted by Gasteiger charge is 2.17. The summed E-state index contributed by atoms with van der Waals surface area (Å²) in [5.74, 6) is 1.04. The number of rotatable bonds is 7. The fourth-order valence-corrected chi connectivity index (χ4v) is 2.76. The summed E-state index contributed by atoms with van der Waals surface area (Å²) in [5.41, 5.74) is 5.48. The maximum atomic E-state index is 12.1. The highest BCUT2D eigenvalue weighted by atomic mass is 32.1. The monoisotopic (exact) mass is 270 g/mol. The summed E-state index contributed by atoms with van der Waals surface area (Å²) in [6.07, 6.45) is 9.07. The molecule has 0 heterocycles. The molecule has 0 aromatic carbocycles. The summed E-state index contributed by atoms with van der Waals surface area (Å²) < 4.78 is 0. The largest absolute Gasteiger partial charge is 0.393 e. The van der Waals surface area contributed by atoms with Crippen molar-refractivity contribution in [2.75, 3.05) is 13.1 Å². The lowest BCUT2D eigenvalue weighted by molar-refractivity contribution is -0.131. The van der Waals surface area contributed by atoms with Crippen molar-refractivity contribution in [2.24, 2.45) is 11.7 Å². The first kappa shape index (κ1) is 15.4. The van der Waals surface area contributed by atoms with Crippen LogP contribution >= 0.6 is 12.2 Å². The minimum atomic E-state index is 0.263. The first-order valence-electron chi connectivity index (χ1n) is 7.19. The number of carbonyl (C=O) groups excluding carboxylic acids is 1. The Balaban J connectivity index is 2.25. The molecule has 1 amide bonds. The van der Waals surface area contributed by atoms with E-state index in [2.05, 4.69) is 0 Å². The van der Waals surface area contributed by atoms with Crippen LogP contribution in [0.2, 0.25) is 0 Å². The van der Waals surface area contributed by atoms with Crippen LogP contribution in [0.15, 0.2) is 0 Å². The highest BCUT2D eigenvalue weighted by molar-refractivity contribution is 7.80. The van der Waals surface area contributed by atoms with E-state index in [1.165, 1.54) is 32.1 Å². The molecule has 0 radical (unpaired) electrons. The van der Waals surface area contributed by atoms with Gasteiger partial charge in [-0.25, -0.2) is 0 Å². The molecule has 18 heavy (non-hydrogen) atoms. The van der Waals surface area contributed by atoms with Gasteiger partial charge in [-0.2, -0.15) is 0 Å². The number of thiocarbonyl (C=S) groups is 1. The predicted octanol–water partition coefficient (Wildman–Crippen LogP) is 2.87. The molecule has 0 aromatic heterocycles. The lowest BCUT2D eigenvalue weighted by Gasteiger charge is -2.24. The van der Waals surface area contributed by atoms with Crippen molar-refractivity contribution in [1.29, 1.82) is 0 Å². The van der Waals surface area contributed by atoms with E-state index in [0.29, 0.717) is 24.4 Å². The zero-order valence-electron chi connectivity index (χ0n) is 11.5. The standard InChI is InChI=1S/C14H26N2OS/c1-2-16(11-10-13(15)18)14(17)9-8-12-6-4-3-5-7-12/h12H,2-11H2,1H3,(H2,15,18). The Kier molecular flexibility index (Phi) is 7.25. The first-order valence-corrected chi connectivity index (χ1v) is 7.60. The van der Waals surface area contributed by atoms with Crippen LogP contribution in [0.4, 0.5) is 0 Å². The molecule has 0 aromatic rings. The second-order valence-electron chi connectivity index (χ2n) is 5.23. The fraction of sp³-hybridized carbons (Fsp3) is 0.857. The van der Waals surface area contributed by atoms with Gasteiger partial charge in [-0.15, -0.1) is 0 Å². The molecule has 1 fully saturated rings. The smallest absolute Gasteiger partial charge is 0.222 e. The molecule has 0 spiro atoms. The maximum Gasteiger partial charge on any atom is 0.222 e. The van der Waals surface area contributed by atoms with Gasteiger partial charge < -0.3 is 10.6 Å². The van der Waals surface area contributed by atoms with Gasteiger partial charge in [0.1, 0.15) is 0 Å². The highest BCUT2D eigenvalue weighted by Crippen LogP contribution is 2.27. The third kappa shape index (κ3) is 5.80. The third-order valence-electron chi connectivity index (χ3n) is 3.85. The van der Waals surface area contributed by atoms with Gasteiger partial charge in [0.15, 0.2) is 0 Å². The van der Waals surface area contributed by atoms with E-state index in [-0.39, 0.29) is 5.91 Å². The van der Waals surface area contributed by atoms with Crippen LogP contribution in [0, 0.1) is 5.92 Å². The molecule has 1 saturated carbocycles. The summed E-state index contributed by atoms with van der Waals surface area (Å²) in [6.45, 7) is 3.44. The second-order valence-corrected chi connectivity index (χ2v) is 5.76. The zero-order valence-corrected chi connectivity index (χ0v) is 12.3. The van der Waals surface area contributed by atoms with Crippen LogP contribution in [0.1, 0.15) is 58.3 Å². The minimum absolute atomic E-state index is 0.263. The SMILES string of the molecule is CCN(CCC(N)=S)C(=O)CCC1CCCCC1. The van der Waals surface area contributed by atoms with Crippen molar-refractivity contribution in [1.82, 2.24) is 4.90 Å². The fourth-order valence-electron chi connectivity index (χ4n) is 2.67. The molecule has 0 unspecified atom stereocenters. The third-order valence-corrected chi connectivity index (χ3v) is 4.06. The van der Waals surface area contributed by atoms with Crippen molar-refractivity contribution in [3.05, 3.63) is 0 Å². The molecule has 3 nitrogen and oxygen atoms in total. The van der Waals surface area contributed by atoms with Crippen LogP contribution in [-0.4, -0.2) is 28.9 Å². The Hall–Kier alpha value is -0.640.